The van der Waals surface area contributed by atoms with Gasteiger partial charge in [-0.2, -0.15) is 17.5 Å². The minimum atomic E-state index is -4.61. The van der Waals surface area contributed by atoms with Crippen molar-refractivity contribution in [3.8, 4) is 5.88 Å². The van der Waals surface area contributed by atoms with Gasteiger partial charge in [0, 0.05) is 38.4 Å². The van der Waals surface area contributed by atoms with E-state index in [0.717, 1.165) is 18.7 Å². The number of nitrogens with zero attached hydrogens (tertiary/aromatic N) is 3. The summed E-state index contributed by atoms with van der Waals surface area (Å²) in [5, 5.41) is 0.478. The largest absolute Gasteiger partial charge is 0.473 e. The van der Waals surface area contributed by atoms with Gasteiger partial charge in [-0.05, 0) is 30.7 Å². The molecule has 0 aliphatic carbocycles. The predicted octanol–water partition coefficient (Wildman–Crippen LogP) is 3.28. The van der Waals surface area contributed by atoms with Crippen molar-refractivity contribution in [1.82, 2.24) is 14.2 Å². The fraction of sp³-hybridized carbons (Fsp3) is 0.421. The lowest BCUT2D eigenvalue weighted by Crippen LogP contribution is -2.55. The van der Waals surface area contributed by atoms with E-state index in [4.69, 9.17) is 16.3 Å². The molecule has 2 aliphatic heterocycles. The Bertz CT molecular complexity index is 1020. The molecule has 4 rings (SSSR count). The number of sulfonamides is 1. The number of aromatic nitrogens is 1. The molecule has 0 radical (unpaired) electrons. The molecule has 2 atom stereocenters. The standard InChI is InChI=1S/C19H19ClF3N3O3S/c20-14-4-5-18(24-11-14)29-17-6-7-25-8-9-26(12-16(17)25)30(27,28)15-3-1-2-13(10-15)19(21,22)23/h1-5,10-11,16-17H,6-9,12H2/t16-,17+/m0/s1. The third-order valence-corrected chi connectivity index (χ3v) is 7.48. The minimum Gasteiger partial charge on any atom is -0.473 e. The van der Waals surface area contributed by atoms with Crippen molar-refractivity contribution in [1.29, 1.82) is 0 Å². The lowest BCUT2D eigenvalue weighted by atomic mass is 10.1. The lowest BCUT2D eigenvalue weighted by Gasteiger charge is -2.38. The van der Waals surface area contributed by atoms with Crippen molar-refractivity contribution in [2.45, 2.75) is 29.6 Å². The highest BCUT2D eigenvalue weighted by Crippen LogP contribution is 2.33. The first-order valence-corrected chi connectivity index (χ1v) is 11.2. The van der Waals surface area contributed by atoms with Crippen LogP contribution in [0.1, 0.15) is 12.0 Å². The van der Waals surface area contributed by atoms with E-state index in [0.29, 0.717) is 29.9 Å². The Balaban J connectivity index is 1.53. The van der Waals surface area contributed by atoms with Crippen LogP contribution in [0.15, 0.2) is 47.5 Å². The first kappa shape index (κ1) is 21.4. The van der Waals surface area contributed by atoms with Crippen LogP contribution in [0.3, 0.4) is 0 Å². The van der Waals surface area contributed by atoms with Crippen molar-refractivity contribution in [3.05, 3.63) is 53.2 Å². The summed E-state index contributed by atoms with van der Waals surface area (Å²) in [6, 6.07) is 6.93. The maximum Gasteiger partial charge on any atom is 0.416 e. The predicted molar refractivity (Wildman–Crippen MR) is 104 cm³/mol. The van der Waals surface area contributed by atoms with E-state index in [1.54, 1.807) is 12.1 Å². The third-order valence-electron chi connectivity index (χ3n) is 5.40. The highest BCUT2D eigenvalue weighted by molar-refractivity contribution is 7.89. The quantitative estimate of drug-likeness (QED) is 0.699. The van der Waals surface area contributed by atoms with Gasteiger partial charge in [0.25, 0.3) is 0 Å². The zero-order valence-electron chi connectivity index (χ0n) is 15.7. The minimum absolute atomic E-state index is 0.136. The Labute approximate surface area is 177 Å². The summed E-state index contributed by atoms with van der Waals surface area (Å²) >= 11 is 5.84. The molecule has 0 N–H and O–H groups in total. The summed E-state index contributed by atoms with van der Waals surface area (Å²) in [5.74, 6) is 0.393. The van der Waals surface area contributed by atoms with Gasteiger partial charge in [-0.1, -0.05) is 17.7 Å². The Kier molecular flexibility index (Phi) is 5.69. The summed E-state index contributed by atoms with van der Waals surface area (Å²) in [6.07, 6.45) is -2.72. The van der Waals surface area contributed by atoms with Crippen LogP contribution >= 0.6 is 11.6 Å². The average Bonchev–Trinajstić information content (AvgIpc) is 3.11. The summed E-state index contributed by atoms with van der Waals surface area (Å²) in [7, 11) is -4.07. The lowest BCUT2D eigenvalue weighted by molar-refractivity contribution is -0.137. The molecule has 6 nitrogen and oxygen atoms in total. The maximum atomic E-state index is 13.0. The van der Waals surface area contributed by atoms with Gasteiger partial charge in [-0.15, -0.1) is 0 Å². The highest BCUT2D eigenvalue weighted by Gasteiger charge is 2.43. The second-order valence-electron chi connectivity index (χ2n) is 7.25. The third kappa shape index (κ3) is 4.27. The SMILES string of the molecule is O=S(=O)(c1cccc(C(F)(F)F)c1)N1CCN2CC[C@@H](Oc3ccc(Cl)cn3)[C@@H]2C1. The molecule has 1 aromatic heterocycles. The van der Waals surface area contributed by atoms with E-state index in [2.05, 4.69) is 9.88 Å². The van der Waals surface area contributed by atoms with E-state index < -0.39 is 21.8 Å². The molecule has 3 heterocycles. The van der Waals surface area contributed by atoms with E-state index in [1.807, 2.05) is 0 Å². The number of alkyl halides is 3. The Morgan fingerprint density at radius 3 is 2.63 bits per heavy atom. The summed E-state index contributed by atoms with van der Waals surface area (Å²) < 4.78 is 72.3. The zero-order chi connectivity index (χ0) is 21.5. The molecule has 30 heavy (non-hydrogen) atoms. The Hall–Kier alpha value is -1.88. The fourth-order valence-electron chi connectivity index (χ4n) is 3.86. The topological polar surface area (TPSA) is 62.7 Å². The zero-order valence-corrected chi connectivity index (χ0v) is 17.3. The van der Waals surface area contributed by atoms with E-state index in [9.17, 15) is 21.6 Å². The van der Waals surface area contributed by atoms with Gasteiger partial charge in [-0.3, -0.25) is 4.90 Å². The maximum absolute atomic E-state index is 13.0. The van der Waals surface area contributed by atoms with Crippen LogP contribution in [-0.4, -0.2) is 60.9 Å². The summed E-state index contributed by atoms with van der Waals surface area (Å²) in [6.45, 7) is 1.58. The van der Waals surface area contributed by atoms with Crippen LogP contribution < -0.4 is 4.74 Å². The van der Waals surface area contributed by atoms with E-state index >= 15 is 0 Å². The molecule has 0 saturated carbocycles. The van der Waals surface area contributed by atoms with Gasteiger partial charge in [0.05, 0.1) is 21.5 Å². The number of benzene rings is 1. The molecule has 162 valence electrons. The van der Waals surface area contributed by atoms with Gasteiger partial charge in [0.1, 0.15) is 6.10 Å². The Morgan fingerprint density at radius 1 is 1.13 bits per heavy atom. The van der Waals surface area contributed by atoms with Crippen molar-refractivity contribution in [3.63, 3.8) is 0 Å². The highest BCUT2D eigenvalue weighted by atomic mass is 35.5. The number of ether oxygens (including phenoxy) is 1. The molecule has 2 fully saturated rings. The molecular weight excluding hydrogens is 443 g/mol. The number of pyridine rings is 1. The van der Waals surface area contributed by atoms with Crippen molar-refractivity contribution < 1.29 is 26.3 Å². The van der Waals surface area contributed by atoms with Crippen LogP contribution in [0.2, 0.25) is 5.02 Å². The number of hydrogen-bond acceptors (Lipinski definition) is 5. The summed E-state index contributed by atoms with van der Waals surface area (Å²) in [4.78, 5) is 5.89. The fourth-order valence-corrected chi connectivity index (χ4v) is 5.47. The van der Waals surface area contributed by atoms with Gasteiger partial charge >= 0.3 is 6.18 Å². The van der Waals surface area contributed by atoms with Crippen LogP contribution in [0.4, 0.5) is 13.2 Å². The van der Waals surface area contributed by atoms with E-state index in [-0.39, 0.29) is 30.1 Å². The van der Waals surface area contributed by atoms with Crippen molar-refractivity contribution in [2.24, 2.45) is 0 Å². The Morgan fingerprint density at radius 2 is 1.93 bits per heavy atom. The molecular formula is C19H19ClF3N3O3S. The van der Waals surface area contributed by atoms with Crippen LogP contribution in [-0.2, 0) is 16.2 Å². The second-order valence-corrected chi connectivity index (χ2v) is 9.63. The van der Waals surface area contributed by atoms with Gasteiger partial charge in [-0.25, -0.2) is 13.4 Å². The van der Waals surface area contributed by atoms with E-state index in [1.165, 1.54) is 16.6 Å². The molecule has 0 amide bonds. The van der Waals surface area contributed by atoms with Crippen molar-refractivity contribution in [2.75, 3.05) is 26.2 Å². The van der Waals surface area contributed by atoms with Gasteiger partial charge < -0.3 is 4.74 Å². The number of halogens is 4. The molecule has 0 spiro atoms. The first-order valence-electron chi connectivity index (χ1n) is 9.34. The monoisotopic (exact) mass is 461 g/mol. The second kappa shape index (κ2) is 7.99. The average molecular weight is 462 g/mol. The number of hydrogen-bond donors (Lipinski definition) is 0. The molecule has 0 bridgehead atoms. The van der Waals surface area contributed by atoms with Crippen LogP contribution in [0.25, 0.3) is 0 Å². The molecule has 2 saturated heterocycles. The molecule has 2 aromatic rings. The van der Waals surface area contributed by atoms with Gasteiger partial charge in [0.2, 0.25) is 15.9 Å². The molecule has 2 aliphatic rings. The smallest absolute Gasteiger partial charge is 0.416 e. The molecule has 11 heteroatoms. The first-order chi connectivity index (χ1) is 14.1. The summed E-state index contributed by atoms with van der Waals surface area (Å²) in [5.41, 5.74) is -0.988. The van der Waals surface area contributed by atoms with Crippen molar-refractivity contribution >= 4 is 21.6 Å². The molecule has 0 unspecified atom stereocenters. The number of piperazine rings is 1. The number of fused-ring (bicyclic) bond motifs is 1. The molecule has 1 aromatic carbocycles. The van der Waals surface area contributed by atoms with Crippen LogP contribution in [0.5, 0.6) is 5.88 Å². The number of rotatable bonds is 4. The van der Waals surface area contributed by atoms with Crippen LogP contribution in [0, 0.1) is 0 Å². The van der Waals surface area contributed by atoms with Gasteiger partial charge in [0.15, 0.2) is 0 Å². The normalized spacial score (nSPS) is 23.3.